The number of benzene rings is 1. The Hall–Kier alpha value is -1.07. The van der Waals surface area contributed by atoms with Gasteiger partial charge in [0.15, 0.2) is 0 Å². The molecule has 4 nitrogen and oxygen atoms in total. The number of halogens is 1. The highest BCUT2D eigenvalue weighted by Crippen LogP contribution is 2.31. The van der Waals surface area contributed by atoms with Gasteiger partial charge in [0.2, 0.25) is 15.0 Å². The van der Waals surface area contributed by atoms with Crippen LogP contribution in [0.25, 0.3) is 0 Å². The summed E-state index contributed by atoms with van der Waals surface area (Å²) >= 11 is 0. The van der Waals surface area contributed by atoms with Crippen molar-refractivity contribution in [1.82, 2.24) is 4.90 Å². The zero-order valence-corrected chi connectivity index (χ0v) is 12.2. The van der Waals surface area contributed by atoms with Gasteiger partial charge in [-0.3, -0.25) is 4.79 Å². The Kier molecular flexibility index (Phi) is 4.16. The summed E-state index contributed by atoms with van der Waals surface area (Å²) in [7, 11) is 1.67. The van der Waals surface area contributed by atoms with Crippen molar-refractivity contribution in [2.45, 2.75) is 31.1 Å². The lowest BCUT2D eigenvalue weighted by atomic mass is 10.0. The van der Waals surface area contributed by atoms with Crippen molar-refractivity contribution in [3.63, 3.8) is 0 Å². The van der Waals surface area contributed by atoms with Gasteiger partial charge in [0.05, 0.1) is 6.04 Å². The molecule has 0 bridgehead atoms. The van der Waals surface area contributed by atoms with Gasteiger partial charge >= 0.3 is 0 Å². The minimum absolute atomic E-state index is 0.0187. The Morgan fingerprint density at radius 2 is 2.00 bits per heavy atom. The zero-order chi connectivity index (χ0) is 14.0. The van der Waals surface area contributed by atoms with Crippen LogP contribution in [0.1, 0.15) is 31.4 Å². The first kappa shape index (κ1) is 14.3. The van der Waals surface area contributed by atoms with Crippen LogP contribution >= 0.6 is 10.7 Å². The van der Waals surface area contributed by atoms with Crippen LogP contribution in [-0.4, -0.2) is 31.0 Å². The van der Waals surface area contributed by atoms with Crippen LogP contribution in [0, 0.1) is 0 Å². The van der Waals surface area contributed by atoms with Crippen LogP contribution in [0.4, 0.5) is 0 Å². The van der Waals surface area contributed by atoms with Crippen LogP contribution < -0.4 is 0 Å². The molecule has 1 aromatic carbocycles. The fraction of sp³-hybridized carbons (Fsp3) is 0.462. The predicted octanol–water partition coefficient (Wildman–Crippen LogP) is 2.31. The van der Waals surface area contributed by atoms with E-state index in [-0.39, 0.29) is 24.9 Å². The summed E-state index contributed by atoms with van der Waals surface area (Å²) in [6.07, 6.45) is 0.722. The molecule has 2 atom stereocenters. The van der Waals surface area contributed by atoms with Gasteiger partial charge in [0.25, 0.3) is 0 Å². The molecule has 1 amide bonds. The third-order valence-electron chi connectivity index (χ3n) is 3.47. The Balaban J connectivity index is 2.24. The maximum Gasteiger partial charge on any atom is 0.237 e. The van der Waals surface area contributed by atoms with E-state index in [2.05, 4.69) is 0 Å². The molecule has 1 aromatic rings. The monoisotopic (exact) mass is 301 g/mol. The van der Waals surface area contributed by atoms with E-state index in [1.54, 1.807) is 4.90 Å². The molecule has 6 heteroatoms. The molecule has 0 N–H and O–H groups in total. The lowest BCUT2D eigenvalue weighted by molar-refractivity contribution is -0.129. The first-order valence-corrected chi connectivity index (χ1v) is 8.58. The Labute approximate surface area is 117 Å². The molecule has 0 saturated carbocycles. The fourth-order valence-electron chi connectivity index (χ4n) is 2.50. The van der Waals surface area contributed by atoms with Gasteiger partial charge < -0.3 is 4.90 Å². The number of hydrogen-bond acceptors (Lipinski definition) is 3. The highest BCUT2D eigenvalue weighted by molar-refractivity contribution is 8.14. The normalized spacial score (nSPS) is 21.7. The lowest BCUT2D eigenvalue weighted by Gasteiger charge is -2.27. The van der Waals surface area contributed by atoms with E-state index in [1.165, 1.54) is 0 Å². The van der Waals surface area contributed by atoms with Gasteiger partial charge in [-0.25, -0.2) is 8.42 Å². The maximum absolute atomic E-state index is 12.0. The van der Waals surface area contributed by atoms with Crippen molar-refractivity contribution in [1.29, 1.82) is 0 Å². The minimum Gasteiger partial charge on any atom is -0.334 e. The molecule has 104 valence electrons. The van der Waals surface area contributed by atoms with Crippen LogP contribution in [0.2, 0.25) is 0 Å². The molecule has 0 spiro atoms. The number of amides is 1. The zero-order valence-electron chi connectivity index (χ0n) is 10.6. The van der Waals surface area contributed by atoms with E-state index in [0.29, 0.717) is 0 Å². The predicted molar refractivity (Wildman–Crippen MR) is 74.4 cm³/mol. The van der Waals surface area contributed by atoms with Crippen molar-refractivity contribution in [3.05, 3.63) is 35.9 Å². The van der Waals surface area contributed by atoms with Crippen LogP contribution in [0.3, 0.4) is 0 Å². The van der Waals surface area contributed by atoms with E-state index >= 15 is 0 Å². The quantitative estimate of drug-likeness (QED) is 0.802. The van der Waals surface area contributed by atoms with Gasteiger partial charge in [0, 0.05) is 23.6 Å². The Morgan fingerprint density at radius 1 is 1.37 bits per heavy atom. The molecular formula is C13H16ClNO3S. The summed E-state index contributed by atoms with van der Waals surface area (Å²) in [6, 6.07) is 9.54. The summed E-state index contributed by atoms with van der Waals surface area (Å²) in [4.78, 5) is 13.6. The summed E-state index contributed by atoms with van der Waals surface area (Å²) in [5.41, 5.74) is 1.02. The second kappa shape index (κ2) is 5.51. The standard InChI is InChI=1S/C13H16ClNO3S/c1-2-12(10-6-4-3-5-7-10)15-9-11(8-13(15)16)19(14,17)18/h3-7,11-12H,2,8-9H2,1H3. The largest absolute Gasteiger partial charge is 0.334 e. The molecule has 1 saturated heterocycles. The van der Waals surface area contributed by atoms with E-state index in [9.17, 15) is 13.2 Å². The van der Waals surface area contributed by atoms with Gasteiger partial charge in [-0.05, 0) is 12.0 Å². The molecule has 0 aromatic heterocycles. The van der Waals surface area contributed by atoms with E-state index in [4.69, 9.17) is 10.7 Å². The van der Waals surface area contributed by atoms with Crippen molar-refractivity contribution in [2.75, 3.05) is 6.54 Å². The van der Waals surface area contributed by atoms with Crippen molar-refractivity contribution in [2.24, 2.45) is 0 Å². The molecule has 2 unspecified atom stereocenters. The van der Waals surface area contributed by atoms with Gasteiger partial charge in [-0.2, -0.15) is 0 Å². The van der Waals surface area contributed by atoms with E-state index in [1.807, 2.05) is 37.3 Å². The van der Waals surface area contributed by atoms with Crippen LogP contribution in [0.5, 0.6) is 0 Å². The first-order chi connectivity index (χ1) is 8.93. The van der Waals surface area contributed by atoms with Gasteiger partial charge in [-0.15, -0.1) is 0 Å². The molecular weight excluding hydrogens is 286 g/mol. The Morgan fingerprint density at radius 3 is 2.47 bits per heavy atom. The third-order valence-corrected chi connectivity index (χ3v) is 5.34. The molecule has 0 aliphatic carbocycles. The molecule has 1 fully saturated rings. The second-order valence-corrected chi connectivity index (χ2v) is 7.59. The molecule has 2 rings (SSSR count). The highest BCUT2D eigenvalue weighted by atomic mass is 35.7. The number of rotatable bonds is 4. The summed E-state index contributed by atoms with van der Waals surface area (Å²) in [6.45, 7) is 2.16. The number of carbonyl (C=O) groups is 1. The lowest BCUT2D eigenvalue weighted by Crippen LogP contribution is -2.31. The molecule has 1 aliphatic heterocycles. The average molecular weight is 302 g/mol. The number of hydrogen-bond donors (Lipinski definition) is 0. The smallest absolute Gasteiger partial charge is 0.237 e. The second-order valence-electron chi connectivity index (χ2n) is 4.68. The number of carbonyl (C=O) groups excluding carboxylic acids is 1. The number of likely N-dealkylation sites (tertiary alicyclic amines) is 1. The summed E-state index contributed by atoms with van der Waals surface area (Å²) in [5.74, 6) is -0.148. The first-order valence-electron chi connectivity index (χ1n) is 6.21. The SMILES string of the molecule is CCC(c1ccccc1)N1CC(S(=O)(=O)Cl)CC1=O. The number of nitrogens with zero attached hydrogens (tertiary/aromatic N) is 1. The fourth-order valence-corrected chi connectivity index (χ4v) is 3.54. The maximum atomic E-state index is 12.0. The molecule has 1 aliphatic rings. The topological polar surface area (TPSA) is 54.5 Å². The third kappa shape index (κ3) is 3.09. The average Bonchev–Trinajstić information content (AvgIpc) is 2.74. The van der Waals surface area contributed by atoms with Crippen molar-refractivity contribution in [3.8, 4) is 0 Å². The summed E-state index contributed by atoms with van der Waals surface area (Å²) in [5, 5.41) is -0.792. The van der Waals surface area contributed by atoms with Crippen LogP contribution in [0.15, 0.2) is 30.3 Å². The van der Waals surface area contributed by atoms with E-state index < -0.39 is 14.3 Å². The molecule has 1 heterocycles. The Bertz CT molecular complexity index is 559. The van der Waals surface area contributed by atoms with Crippen molar-refractivity contribution < 1.29 is 13.2 Å². The van der Waals surface area contributed by atoms with Gasteiger partial charge in [-0.1, -0.05) is 37.3 Å². The molecule has 0 radical (unpaired) electrons. The summed E-state index contributed by atoms with van der Waals surface area (Å²) < 4.78 is 22.7. The molecule has 19 heavy (non-hydrogen) atoms. The van der Waals surface area contributed by atoms with E-state index in [0.717, 1.165) is 12.0 Å². The highest BCUT2D eigenvalue weighted by Gasteiger charge is 2.40. The van der Waals surface area contributed by atoms with Gasteiger partial charge in [0.1, 0.15) is 5.25 Å². The van der Waals surface area contributed by atoms with Crippen LogP contribution in [-0.2, 0) is 13.8 Å². The van der Waals surface area contributed by atoms with Crippen molar-refractivity contribution >= 4 is 25.6 Å². The minimum atomic E-state index is -3.68.